The van der Waals surface area contributed by atoms with Gasteiger partial charge >= 0.3 is 5.97 Å². The van der Waals surface area contributed by atoms with Crippen LogP contribution in [0.2, 0.25) is 0 Å². The number of nitrogens with zero attached hydrogens (tertiary/aromatic N) is 1. The fraction of sp³-hybridized carbons (Fsp3) is 0.429. The van der Waals surface area contributed by atoms with Crippen molar-refractivity contribution in [3.63, 3.8) is 0 Å². The maximum absolute atomic E-state index is 12.4. The summed E-state index contributed by atoms with van der Waals surface area (Å²) in [7, 11) is 0. The van der Waals surface area contributed by atoms with Crippen LogP contribution in [0.1, 0.15) is 34.6 Å². The number of hydrogen-bond acceptors (Lipinski definition) is 3. The van der Waals surface area contributed by atoms with Crippen molar-refractivity contribution >= 4 is 11.9 Å². The van der Waals surface area contributed by atoms with E-state index in [0.717, 1.165) is 0 Å². The number of carboxylic acid groups (broad SMARTS) is 1. The number of ether oxygens (including phenoxy) is 1. The van der Waals surface area contributed by atoms with Crippen LogP contribution in [-0.4, -0.2) is 47.2 Å². The molecule has 0 bridgehead atoms. The van der Waals surface area contributed by atoms with Crippen molar-refractivity contribution in [2.75, 3.05) is 13.2 Å². The van der Waals surface area contributed by atoms with E-state index in [9.17, 15) is 9.59 Å². The molecule has 0 saturated carbocycles. The second-order valence-corrected chi connectivity index (χ2v) is 4.83. The molecule has 2 unspecified atom stereocenters. The van der Waals surface area contributed by atoms with E-state index in [1.54, 1.807) is 17.0 Å². The predicted octanol–water partition coefficient (Wildman–Crippen LogP) is 1.63. The van der Waals surface area contributed by atoms with Gasteiger partial charge in [-0.2, -0.15) is 0 Å². The molecule has 1 aromatic carbocycles. The summed E-state index contributed by atoms with van der Waals surface area (Å²) in [5, 5.41) is 8.84. The second kappa shape index (κ2) is 5.40. The van der Waals surface area contributed by atoms with E-state index in [1.165, 1.54) is 12.1 Å². The van der Waals surface area contributed by atoms with Crippen molar-refractivity contribution in [1.29, 1.82) is 0 Å². The van der Waals surface area contributed by atoms with Gasteiger partial charge in [-0.1, -0.05) is 0 Å². The molecular formula is C14H17NO4. The smallest absolute Gasteiger partial charge is 0.335 e. The first-order valence-electron chi connectivity index (χ1n) is 6.24. The number of carbonyl (C=O) groups is 2. The highest BCUT2D eigenvalue weighted by molar-refractivity contribution is 5.96. The van der Waals surface area contributed by atoms with Crippen LogP contribution in [0.3, 0.4) is 0 Å². The number of rotatable bonds is 2. The Morgan fingerprint density at radius 1 is 1.11 bits per heavy atom. The molecule has 1 saturated heterocycles. The highest BCUT2D eigenvalue weighted by Gasteiger charge is 2.30. The van der Waals surface area contributed by atoms with Crippen LogP contribution >= 0.6 is 0 Å². The highest BCUT2D eigenvalue weighted by Crippen LogP contribution is 2.17. The minimum absolute atomic E-state index is 0.0235. The first-order valence-corrected chi connectivity index (χ1v) is 6.24. The maximum atomic E-state index is 12.4. The van der Waals surface area contributed by atoms with E-state index in [-0.39, 0.29) is 23.6 Å². The summed E-state index contributed by atoms with van der Waals surface area (Å²) in [4.78, 5) is 25.0. The molecule has 0 radical (unpaired) electrons. The maximum Gasteiger partial charge on any atom is 0.335 e. The molecule has 1 heterocycles. The first kappa shape index (κ1) is 13.5. The topological polar surface area (TPSA) is 66.8 Å². The fourth-order valence-electron chi connectivity index (χ4n) is 2.31. The Kier molecular flexibility index (Phi) is 3.85. The first-order chi connectivity index (χ1) is 9.00. The van der Waals surface area contributed by atoms with Gasteiger partial charge in [0, 0.05) is 5.56 Å². The van der Waals surface area contributed by atoms with Crippen molar-refractivity contribution in [2.24, 2.45) is 0 Å². The Bertz CT molecular complexity index is 473. The summed E-state index contributed by atoms with van der Waals surface area (Å²) >= 11 is 0. The summed E-state index contributed by atoms with van der Waals surface area (Å²) in [5.41, 5.74) is 0.685. The Labute approximate surface area is 111 Å². The SMILES string of the molecule is CC1COCC(C)N1C(=O)c1ccc(C(=O)O)cc1. The van der Waals surface area contributed by atoms with Crippen LogP contribution in [0.5, 0.6) is 0 Å². The number of aromatic carboxylic acids is 1. The van der Waals surface area contributed by atoms with Gasteiger partial charge in [-0.25, -0.2) is 4.79 Å². The van der Waals surface area contributed by atoms with Gasteiger partial charge in [-0.15, -0.1) is 0 Å². The molecule has 1 amide bonds. The second-order valence-electron chi connectivity index (χ2n) is 4.83. The molecule has 0 aromatic heterocycles. The van der Waals surface area contributed by atoms with Gasteiger partial charge < -0.3 is 14.7 Å². The molecular weight excluding hydrogens is 246 g/mol. The molecule has 1 aliphatic rings. The molecule has 2 atom stereocenters. The Morgan fingerprint density at radius 2 is 1.58 bits per heavy atom. The average molecular weight is 263 g/mol. The van der Waals surface area contributed by atoms with Crippen LogP contribution in [0, 0.1) is 0 Å². The zero-order chi connectivity index (χ0) is 14.0. The Hall–Kier alpha value is -1.88. The average Bonchev–Trinajstić information content (AvgIpc) is 2.38. The lowest BCUT2D eigenvalue weighted by Gasteiger charge is -2.38. The molecule has 1 aliphatic heterocycles. The number of morpholine rings is 1. The van der Waals surface area contributed by atoms with Crippen LogP contribution < -0.4 is 0 Å². The van der Waals surface area contributed by atoms with E-state index in [0.29, 0.717) is 18.8 Å². The quantitative estimate of drug-likeness (QED) is 0.880. The molecule has 102 valence electrons. The third-order valence-electron chi connectivity index (χ3n) is 3.28. The number of amides is 1. The third-order valence-corrected chi connectivity index (χ3v) is 3.28. The monoisotopic (exact) mass is 263 g/mol. The Morgan fingerprint density at radius 3 is 2.05 bits per heavy atom. The summed E-state index contributed by atoms with van der Waals surface area (Å²) < 4.78 is 5.39. The fourth-order valence-corrected chi connectivity index (χ4v) is 2.31. The molecule has 1 N–H and O–H groups in total. The minimum Gasteiger partial charge on any atom is -0.478 e. The molecule has 0 spiro atoms. The largest absolute Gasteiger partial charge is 0.478 e. The predicted molar refractivity (Wildman–Crippen MR) is 69.3 cm³/mol. The van der Waals surface area contributed by atoms with Crippen LogP contribution in [0.15, 0.2) is 24.3 Å². The van der Waals surface area contributed by atoms with Gasteiger partial charge in [0.05, 0.1) is 30.9 Å². The number of carboxylic acids is 1. The molecule has 0 aliphatic carbocycles. The summed E-state index contributed by atoms with van der Waals surface area (Å²) in [6.07, 6.45) is 0. The van der Waals surface area contributed by atoms with Crippen molar-refractivity contribution in [3.8, 4) is 0 Å². The Balaban J connectivity index is 2.20. The van der Waals surface area contributed by atoms with Crippen molar-refractivity contribution in [1.82, 2.24) is 4.90 Å². The summed E-state index contributed by atoms with van der Waals surface area (Å²) in [6, 6.07) is 6.06. The molecule has 1 fully saturated rings. The zero-order valence-corrected chi connectivity index (χ0v) is 11.0. The minimum atomic E-state index is -0.993. The molecule has 2 rings (SSSR count). The highest BCUT2D eigenvalue weighted by atomic mass is 16.5. The lowest BCUT2D eigenvalue weighted by molar-refractivity contribution is -0.0249. The van der Waals surface area contributed by atoms with Gasteiger partial charge in [0.25, 0.3) is 5.91 Å². The van der Waals surface area contributed by atoms with Crippen LogP contribution in [-0.2, 0) is 4.74 Å². The van der Waals surface area contributed by atoms with E-state index < -0.39 is 5.97 Å². The summed E-state index contributed by atoms with van der Waals surface area (Å²) in [5.74, 6) is -1.08. The van der Waals surface area contributed by atoms with Gasteiger partial charge in [0.1, 0.15) is 0 Å². The molecule has 19 heavy (non-hydrogen) atoms. The standard InChI is InChI=1S/C14H17NO4/c1-9-7-19-8-10(2)15(9)13(16)11-3-5-12(6-4-11)14(17)18/h3-6,9-10H,7-8H2,1-2H3,(H,17,18). The van der Waals surface area contributed by atoms with Gasteiger partial charge in [-0.3, -0.25) is 4.79 Å². The zero-order valence-electron chi connectivity index (χ0n) is 11.0. The van der Waals surface area contributed by atoms with Gasteiger partial charge in [-0.05, 0) is 38.1 Å². The van der Waals surface area contributed by atoms with E-state index in [1.807, 2.05) is 13.8 Å². The molecule has 5 nitrogen and oxygen atoms in total. The van der Waals surface area contributed by atoms with Gasteiger partial charge in [0.15, 0.2) is 0 Å². The normalized spacial score (nSPS) is 23.2. The number of carbonyl (C=O) groups excluding carboxylic acids is 1. The van der Waals surface area contributed by atoms with E-state index >= 15 is 0 Å². The van der Waals surface area contributed by atoms with E-state index in [4.69, 9.17) is 9.84 Å². The molecule has 1 aromatic rings. The van der Waals surface area contributed by atoms with Crippen molar-refractivity contribution in [2.45, 2.75) is 25.9 Å². The molecule has 5 heteroatoms. The van der Waals surface area contributed by atoms with Crippen molar-refractivity contribution in [3.05, 3.63) is 35.4 Å². The van der Waals surface area contributed by atoms with Crippen LogP contribution in [0.25, 0.3) is 0 Å². The van der Waals surface area contributed by atoms with Gasteiger partial charge in [0.2, 0.25) is 0 Å². The lowest BCUT2D eigenvalue weighted by atomic mass is 10.1. The third kappa shape index (κ3) is 2.76. The lowest BCUT2D eigenvalue weighted by Crippen LogP contribution is -2.52. The van der Waals surface area contributed by atoms with Crippen LogP contribution in [0.4, 0.5) is 0 Å². The number of hydrogen-bond donors (Lipinski definition) is 1. The number of benzene rings is 1. The summed E-state index contributed by atoms with van der Waals surface area (Å²) in [6.45, 7) is 4.95. The van der Waals surface area contributed by atoms with E-state index in [2.05, 4.69) is 0 Å². The van der Waals surface area contributed by atoms with Crippen molar-refractivity contribution < 1.29 is 19.4 Å².